The summed E-state index contributed by atoms with van der Waals surface area (Å²) < 4.78 is 6.48. The highest BCUT2D eigenvalue weighted by Crippen LogP contribution is 2.21. The van der Waals surface area contributed by atoms with E-state index in [2.05, 4.69) is 22.5 Å². The zero-order valence-electron chi connectivity index (χ0n) is 7.01. The SMILES string of the molecule is C=CCOc1ccc(Br)cc1C. The van der Waals surface area contributed by atoms with Gasteiger partial charge < -0.3 is 4.74 Å². The lowest BCUT2D eigenvalue weighted by molar-refractivity contribution is 0.360. The fourth-order valence-corrected chi connectivity index (χ4v) is 1.40. The maximum absolute atomic E-state index is 5.40. The van der Waals surface area contributed by atoms with Crippen LogP contribution in [0.3, 0.4) is 0 Å². The molecule has 1 aromatic rings. The molecular weight excluding hydrogens is 216 g/mol. The van der Waals surface area contributed by atoms with Crippen molar-refractivity contribution in [1.29, 1.82) is 0 Å². The molecule has 0 amide bonds. The molecular formula is C10H11BrO. The Balaban J connectivity index is 2.78. The highest BCUT2D eigenvalue weighted by atomic mass is 79.9. The molecule has 0 heterocycles. The van der Waals surface area contributed by atoms with Gasteiger partial charge in [0.1, 0.15) is 12.4 Å². The van der Waals surface area contributed by atoms with Crippen LogP contribution in [-0.4, -0.2) is 6.61 Å². The van der Waals surface area contributed by atoms with Crippen LogP contribution in [0.2, 0.25) is 0 Å². The molecule has 0 aliphatic rings. The highest BCUT2D eigenvalue weighted by Gasteiger charge is 1.97. The van der Waals surface area contributed by atoms with Gasteiger partial charge in [-0.25, -0.2) is 0 Å². The molecule has 0 aliphatic heterocycles. The molecule has 0 saturated heterocycles. The minimum absolute atomic E-state index is 0.558. The first-order chi connectivity index (χ1) is 5.74. The molecule has 1 aromatic carbocycles. The molecule has 12 heavy (non-hydrogen) atoms. The first-order valence-corrected chi connectivity index (χ1v) is 4.53. The van der Waals surface area contributed by atoms with E-state index in [-0.39, 0.29) is 0 Å². The van der Waals surface area contributed by atoms with E-state index in [4.69, 9.17) is 4.74 Å². The number of ether oxygens (including phenoxy) is 1. The summed E-state index contributed by atoms with van der Waals surface area (Å²) in [7, 11) is 0. The van der Waals surface area contributed by atoms with E-state index in [1.807, 2.05) is 25.1 Å². The van der Waals surface area contributed by atoms with Crippen LogP contribution in [0.25, 0.3) is 0 Å². The van der Waals surface area contributed by atoms with Gasteiger partial charge in [-0.3, -0.25) is 0 Å². The van der Waals surface area contributed by atoms with Crippen molar-refractivity contribution in [2.75, 3.05) is 6.61 Å². The Morgan fingerprint density at radius 1 is 1.58 bits per heavy atom. The smallest absolute Gasteiger partial charge is 0.122 e. The number of benzene rings is 1. The van der Waals surface area contributed by atoms with Crippen LogP contribution in [0.15, 0.2) is 35.3 Å². The Morgan fingerprint density at radius 2 is 2.33 bits per heavy atom. The summed E-state index contributed by atoms with van der Waals surface area (Å²) in [6.07, 6.45) is 1.74. The fourth-order valence-electron chi connectivity index (χ4n) is 0.923. The van der Waals surface area contributed by atoms with E-state index in [0.29, 0.717) is 6.61 Å². The predicted octanol–water partition coefficient (Wildman–Crippen LogP) is 3.32. The molecule has 0 saturated carbocycles. The van der Waals surface area contributed by atoms with Crippen LogP contribution >= 0.6 is 15.9 Å². The van der Waals surface area contributed by atoms with Crippen molar-refractivity contribution in [3.8, 4) is 5.75 Å². The zero-order chi connectivity index (χ0) is 8.97. The second-order valence-corrected chi connectivity index (χ2v) is 3.43. The summed E-state index contributed by atoms with van der Waals surface area (Å²) in [5.74, 6) is 0.915. The zero-order valence-corrected chi connectivity index (χ0v) is 8.60. The van der Waals surface area contributed by atoms with Gasteiger partial charge in [-0.1, -0.05) is 28.6 Å². The minimum atomic E-state index is 0.558. The number of aryl methyl sites for hydroxylation is 1. The number of hydrogen-bond acceptors (Lipinski definition) is 1. The minimum Gasteiger partial charge on any atom is -0.489 e. The average molecular weight is 227 g/mol. The first kappa shape index (κ1) is 9.33. The number of halogens is 1. The van der Waals surface area contributed by atoms with E-state index in [9.17, 15) is 0 Å². The van der Waals surface area contributed by atoms with E-state index in [1.54, 1.807) is 6.08 Å². The number of rotatable bonds is 3. The largest absolute Gasteiger partial charge is 0.489 e. The van der Waals surface area contributed by atoms with Crippen molar-refractivity contribution in [3.05, 3.63) is 40.9 Å². The third-order valence-corrected chi connectivity index (χ3v) is 1.99. The van der Waals surface area contributed by atoms with Crippen LogP contribution in [0, 0.1) is 6.92 Å². The van der Waals surface area contributed by atoms with Crippen LogP contribution in [0.5, 0.6) is 5.75 Å². The van der Waals surface area contributed by atoms with E-state index in [0.717, 1.165) is 15.8 Å². The van der Waals surface area contributed by atoms with Gasteiger partial charge in [0, 0.05) is 4.47 Å². The van der Waals surface area contributed by atoms with E-state index < -0.39 is 0 Å². The molecule has 64 valence electrons. The third-order valence-electron chi connectivity index (χ3n) is 1.49. The van der Waals surface area contributed by atoms with Crippen molar-refractivity contribution in [2.45, 2.75) is 6.92 Å². The lowest BCUT2D eigenvalue weighted by Gasteiger charge is -2.06. The quantitative estimate of drug-likeness (QED) is 0.719. The molecule has 0 radical (unpaired) electrons. The molecule has 1 nitrogen and oxygen atoms in total. The van der Waals surface area contributed by atoms with Crippen LogP contribution < -0.4 is 4.74 Å². The van der Waals surface area contributed by atoms with Gasteiger partial charge in [0.05, 0.1) is 0 Å². The van der Waals surface area contributed by atoms with Gasteiger partial charge >= 0.3 is 0 Å². The van der Waals surface area contributed by atoms with E-state index in [1.165, 1.54) is 0 Å². The third kappa shape index (κ3) is 2.38. The molecule has 2 heteroatoms. The Morgan fingerprint density at radius 3 is 2.92 bits per heavy atom. The van der Waals surface area contributed by atoms with Gasteiger partial charge in [-0.2, -0.15) is 0 Å². The summed E-state index contributed by atoms with van der Waals surface area (Å²) in [5, 5.41) is 0. The summed E-state index contributed by atoms with van der Waals surface area (Å²) in [6.45, 7) is 6.16. The maximum atomic E-state index is 5.40. The van der Waals surface area contributed by atoms with Crippen molar-refractivity contribution in [2.24, 2.45) is 0 Å². The highest BCUT2D eigenvalue weighted by molar-refractivity contribution is 9.10. The van der Waals surface area contributed by atoms with Crippen LogP contribution in [0.1, 0.15) is 5.56 Å². The lowest BCUT2D eigenvalue weighted by atomic mass is 10.2. The summed E-state index contributed by atoms with van der Waals surface area (Å²) in [4.78, 5) is 0. The second-order valence-electron chi connectivity index (χ2n) is 2.51. The Hall–Kier alpha value is -0.760. The summed E-state index contributed by atoms with van der Waals surface area (Å²) >= 11 is 3.39. The predicted molar refractivity (Wildman–Crippen MR) is 54.6 cm³/mol. The van der Waals surface area contributed by atoms with Crippen molar-refractivity contribution >= 4 is 15.9 Å². The van der Waals surface area contributed by atoms with Gasteiger partial charge in [-0.05, 0) is 30.7 Å². The first-order valence-electron chi connectivity index (χ1n) is 3.74. The molecule has 0 atom stereocenters. The van der Waals surface area contributed by atoms with Crippen molar-refractivity contribution in [3.63, 3.8) is 0 Å². The van der Waals surface area contributed by atoms with Crippen molar-refractivity contribution in [1.82, 2.24) is 0 Å². The van der Waals surface area contributed by atoms with Crippen molar-refractivity contribution < 1.29 is 4.74 Å². The van der Waals surface area contributed by atoms with Gasteiger partial charge in [0.15, 0.2) is 0 Å². The van der Waals surface area contributed by atoms with Gasteiger partial charge in [0.25, 0.3) is 0 Å². The molecule has 0 fully saturated rings. The normalized spacial score (nSPS) is 9.50. The Bertz CT molecular complexity index is 281. The summed E-state index contributed by atoms with van der Waals surface area (Å²) in [5.41, 5.74) is 1.13. The fraction of sp³-hybridized carbons (Fsp3) is 0.200. The van der Waals surface area contributed by atoms with Gasteiger partial charge in [0.2, 0.25) is 0 Å². The molecule has 0 N–H and O–H groups in total. The molecule has 0 aromatic heterocycles. The topological polar surface area (TPSA) is 9.23 Å². The summed E-state index contributed by atoms with van der Waals surface area (Å²) in [6, 6.07) is 5.94. The lowest BCUT2D eigenvalue weighted by Crippen LogP contribution is -1.94. The molecule has 0 aliphatic carbocycles. The standard InChI is InChI=1S/C10H11BrO/c1-3-6-12-10-5-4-9(11)7-8(10)2/h3-5,7H,1,6H2,2H3. The molecule has 0 spiro atoms. The average Bonchev–Trinajstić information content (AvgIpc) is 2.03. The Kier molecular flexibility index (Phi) is 3.35. The molecule has 1 rings (SSSR count). The van der Waals surface area contributed by atoms with E-state index >= 15 is 0 Å². The van der Waals surface area contributed by atoms with Crippen LogP contribution in [0.4, 0.5) is 0 Å². The molecule has 0 bridgehead atoms. The number of hydrogen-bond donors (Lipinski definition) is 0. The molecule has 0 unspecified atom stereocenters. The maximum Gasteiger partial charge on any atom is 0.122 e. The second kappa shape index (κ2) is 4.31. The Labute approximate surface area is 81.2 Å². The monoisotopic (exact) mass is 226 g/mol. The van der Waals surface area contributed by atoms with Gasteiger partial charge in [-0.15, -0.1) is 0 Å². The van der Waals surface area contributed by atoms with Crippen LogP contribution in [-0.2, 0) is 0 Å².